The number of anilines is 1. The number of carbonyl (C=O) groups is 2. The molecule has 2 aliphatic rings. The van der Waals surface area contributed by atoms with Crippen molar-refractivity contribution in [2.45, 2.75) is 12.5 Å². The van der Waals surface area contributed by atoms with Gasteiger partial charge in [-0.3, -0.25) is 9.59 Å². The molecule has 0 bridgehead atoms. The van der Waals surface area contributed by atoms with E-state index in [0.29, 0.717) is 19.5 Å². The topological polar surface area (TPSA) is 61.4 Å². The molecule has 1 unspecified atom stereocenters. The fraction of sp³-hybridized carbons (Fsp3) is 0.385. The first-order valence-electron chi connectivity index (χ1n) is 6.14. The molecule has 1 aromatic carbocycles. The average molecular weight is 245 g/mol. The third-order valence-corrected chi connectivity index (χ3v) is 3.42. The zero-order valence-electron chi connectivity index (χ0n) is 9.98. The van der Waals surface area contributed by atoms with Crippen LogP contribution in [0.4, 0.5) is 5.69 Å². The monoisotopic (exact) mass is 245 g/mol. The van der Waals surface area contributed by atoms with Crippen LogP contribution in [-0.4, -0.2) is 42.4 Å². The number of carbonyl (C=O) groups excluding carboxylic acids is 2. The molecule has 5 nitrogen and oxygen atoms in total. The Morgan fingerprint density at radius 1 is 1.33 bits per heavy atom. The van der Waals surface area contributed by atoms with Gasteiger partial charge in [0.25, 0.3) is 0 Å². The van der Waals surface area contributed by atoms with Crippen molar-refractivity contribution in [2.75, 3.05) is 25.0 Å². The van der Waals surface area contributed by atoms with Crippen LogP contribution < -0.4 is 10.6 Å². The molecule has 0 saturated carbocycles. The number of hydrogen-bond donors (Lipinski definition) is 2. The maximum Gasteiger partial charge on any atom is 0.245 e. The van der Waals surface area contributed by atoms with Crippen molar-refractivity contribution >= 4 is 17.5 Å². The van der Waals surface area contributed by atoms with Gasteiger partial charge >= 0.3 is 0 Å². The lowest BCUT2D eigenvalue weighted by atomic mass is 10.1. The first-order chi connectivity index (χ1) is 8.74. The molecule has 0 aromatic heterocycles. The molecule has 2 N–H and O–H groups in total. The second-order valence-electron chi connectivity index (χ2n) is 4.67. The second-order valence-corrected chi connectivity index (χ2v) is 4.67. The minimum atomic E-state index is -0.228. The average Bonchev–Trinajstić information content (AvgIpc) is 2.81. The lowest BCUT2D eigenvalue weighted by Gasteiger charge is -2.29. The maximum absolute atomic E-state index is 12.3. The molecule has 2 heterocycles. The Hall–Kier alpha value is -2.04. The zero-order chi connectivity index (χ0) is 12.5. The third kappa shape index (κ3) is 1.92. The number of para-hydroxylation sites is 1. The van der Waals surface area contributed by atoms with E-state index in [2.05, 4.69) is 10.6 Å². The van der Waals surface area contributed by atoms with Crippen molar-refractivity contribution in [1.29, 1.82) is 0 Å². The molecule has 2 amide bonds. The highest BCUT2D eigenvalue weighted by atomic mass is 16.2. The maximum atomic E-state index is 12.3. The summed E-state index contributed by atoms with van der Waals surface area (Å²) in [6, 6.07) is 7.70. The molecule has 1 aromatic rings. The standard InChI is InChI=1S/C13H15N3O2/c17-12-8-16(6-5-14-12)13(18)11-7-9-3-1-2-4-10(9)15-11/h1-4,11,15H,5-8H2,(H,14,17). The van der Waals surface area contributed by atoms with E-state index in [0.717, 1.165) is 11.3 Å². The molecule has 94 valence electrons. The Morgan fingerprint density at radius 3 is 2.94 bits per heavy atom. The van der Waals surface area contributed by atoms with E-state index in [1.165, 1.54) is 0 Å². The van der Waals surface area contributed by atoms with E-state index in [1.54, 1.807) is 4.90 Å². The molecular weight excluding hydrogens is 230 g/mol. The van der Waals surface area contributed by atoms with Crippen LogP contribution in [0.1, 0.15) is 5.56 Å². The van der Waals surface area contributed by atoms with Gasteiger partial charge in [-0.1, -0.05) is 18.2 Å². The van der Waals surface area contributed by atoms with Gasteiger partial charge < -0.3 is 15.5 Å². The summed E-state index contributed by atoms with van der Waals surface area (Å²) < 4.78 is 0. The normalized spacial score (nSPS) is 22.1. The van der Waals surface area contributed by atoms with Crippen molar-refractivity contribution in [2.24, 2.45) is 0 Å². The molecule has 1 saturated heterocycles. The predicted octanol–water partition coefficient (Wildman–Crippen LogP) is -0.0184. The fourth-order valence-corrected chi connectivity index (χ4v) is 2.49. The second kappa shape index (κ2) is 4.33. The van der Waals surface area contributed by atoms with E-state index < -0.39 is 0 Å². The van der Waals surface area contributed by atoms with Gasteiger partial charge in [0, 0.05) is 25.2 Å². The molecule has 0 aliphatic carbocycles. The lowest BCUT2D eigenvalue weighted by molar-refractivity contribution is -0.138. The van der Waals surface area contributed by atoms with E-state index in [1.807, 2.05) is 24.3 Å². The van der Waals surface area contributed by atoms with Crippen molar-refractivity contribution < 1.29 is 9.59 Å². The van der Waals surface area contributed by atoms with Gasteiger partial charge in [0.15, 0.2) is 0 Å². The van der Waals surface area contributed by atoms with Gasteiger partial charge in [-0.05, 0) is 11.6 Å². The summed E-state index contributed by atoms with van der Waals surface area (Å²) in [7, 11) is 0. The largest absolute Gasteiger partial charge is 0.373 e. The number of hydrogen-bond acceptors (Lipinski definition) is 3. The minimum Gasteiger partial charge on any atom is -0.373 e. The molecule has 3 rings (SSSR count). The summed E-state index contributed by atoms with van der Waals surface area (Å²) in [6.45, 7) is 1.32. The van der Waals surface area contributed by atoms with Gasteiger partial charge in [-0.2, -0.15) is 0 Å². The van der Waals surface area contributed by atoms with Gasteiger partial charge in [-0.25, -0.2) is 0 Å². The molecule has 0 radical (unpaired) electrons. The molecule has 1 fully saturated rings. The van der Waals surface area contributed by atoms with Gasteiger partial charge in [0.05, 0.1) is 6.54 Å². The number of piperazine rings is 1. The molecule has 5 heteroatoms. The summed E-state index contributed by atoms with van der Waals surface area (Å²) in [5.41, 5.74) is 2.19. The highest BCUT2D eigenvalue weighted by Gasteiger charge is 2.31. The van der Waals surface area contributed by atoms with Crippen LogP contribution in [-0.2, 0) is 16.0 Å². The lowest BCUT2D eigenvalue weighted by Crippen LogP contribution is -2.53. The van der Waals surface area contributed by atoms with Crippen LogP contribution in [0, 0.1) is 0 Å². The van der Waals surface area contributed by atoms with E-state index >= 15 is 0 Å². The van der Waals surface area contributed by atoms with Crippen LogP contribution in [0.15, 0.2) is 24.3 Å². The van der Waals surface area contributed by atoms with E-state index in [4.69, 9.17) is 0 Å². The summed E-state index contributed by atoms with van der Waals surface area (Å²) in [6.07, 6.45) is 0.702. The number of rotatable bonds is 1. The Morgan fingerprint density at radius 2 is 2.17 bits per heavy atom. The molecule has 18 heavy (non-hydrogen) atoms. The van der Waals surface area contributed by atoms with Crippen LogP contribution in [0.2, 0.25) is 0 Å². The molecule has 0 spiro atoms. The number of nitrogens with one attached hydrogen (secondary N) is 2. The summed E-state index contributed by atoms with van der Waals surface area (Å²) in [4.78, 5) is 25.2. The smallest absolute Gasteiger partial charge is 0.245 e. The SMILES string of the molecule is O=C1CN(C(=O)C2Cc3ccccc3N2)CCN1. The van der Waals surface area contributed by atoms with Crippen LogP contribution in [0.25, 0.3) is 0 Å². The predicted molar refractivity (Wildman–Crippen MR) is 67.1 cm³/mol. The van der Waals surface area contributed by atoms with Crippen molar-refractivity contribution in [1.82, 2.24) is 10.2 Å². The molecule has 2 aliphatic heterocycles. The first kappa shape index (κ1) is 11.1. The zero-order valence-corrected chi connectivity index (χ0v) is 9.98. The first-order valence-corrected chi connectivity index (χ1v) is 6.14. The summed E-state index contributed by atoms with van der Waals surface area (Å²) >= 11 is 0. The van der Waals surface area contributed by atoms with Gasteiger partial charge in [0.1, 0.15) is 6.04 Å². The summed E-state index contributed by atoms with van der Waals surface area (Å²) in [5.74, 6) is -0.0637. The molecular formula is C13H15N3O2. The highest BCUT2D eigenvalue weighted by Crippen LogP contribution is 2.26. The third-order valence-electron chi connectivity index (χ3n) is 3.42. The van der Waals surface area contributed by atoms with E-state index in [-0.39, 0.29) is 24.4 Å². The Bertz CT molecular complexity index is 476. The number of amides is 2. The Kier molecular flexibility index (Phi) is 2.66. The van der Waals surface area contributed by atoms with E-state index in [9.17, 15) is 9.59 Å². The molecule has 1 atom stereocenters. The van der Waals surface area contributed by atoms with Crippen molar-refractivity contribution in [3.63, 3.8) is 0 Å². The highest BCUT2D eigenvalue weighted by molar-refractivity contribution is 5.91. The van der Waals surface area contributed by atoms with Crippen LogP contribution in [0.5, 0.6) is 0 Å². The van der Waals surface area contributed by atoms with Crippen molar-refractivity contribution in [3.8, 4) is 0 Å². The number of nitrogens with zero attached hydrogens (tertiary/aromatic N) is 1. The number of fused-ring (bicyclic) bond motifs is 1. The minimum absolute atomic E-state index is 0.0149. The van der Waals surface area contributed by atoms with Gasteiger partial charge in [0.2, 0.25) is 11.8 Å². The van der Waals surface area contributed by atoms with Crippen LogP contribution in [0.3, 0.4) is 0 Å². The quantitative estimate of drug-likeness (QED) is 0.731. The Balaban J connectivity index is 1.70. The number of benzene rings is 1. The van der Waals surface area contributed by atoms with Crippen LogP contribution >= 0.6 is 0 Å². The Labute approximate surface area is 105 Å². The summed E-state index contributed by atoms with van der Waals surface area (Å²) in [5, 5.41) is 5.94. The van der Waals surface area contributed by atoms with Gasteiger partial charge in [-0.15, -0.1) is 0 Å². The van der Waals surface area contributed by atoms with Crippen molar-refractivity contribution in [3.05, 3.63) is 29.8 Å². The fourth-order valence-electron chi connectivity index (χ4n) is 2.49.